The molecular formula is C25H29N6O+. The molecule has 32 heavy (non-hydrogen) atoms. The molecule has 1 aliphatic rings. The lowest BCUT2D eigenvalue weighted by Crippen LogP contribution is -2.22. The number of nitrogens with zero attached hydrogens (tertiary/aromatic N) is 4. The molecule has 0 saturated carbocycles. The van der Waals surface area contributed by atoms with Gasteiger partial charge in [0.15, 0.2) is 5.69 Å². The van der Waals surface area contributed by atoms with Crippen LogP contribution < -0.4 is 10.6 Å². The minimum Gasteiger partial charge on any atom is -0.342 e. The van der Waals surface area contributed by atoms with E-state index in [1.165, 1.54) is 5.56 Å². The van der Waals surface area contributed by atoms with Gasteiger partial charge in [-0.25, -0.2) is 9.56 Å². The standard InChI is InChI=1S/C25H28N6O/c1-5-31-16-22-24(31)29-23(14-26-22)27-17(2)20-7-6-8-21(13-20)28-25(32)19-11-9-18(10-12-19)15-30(3)4/h6-14,16-17H,5,15H2,1-4H3,(H,28,32)/p+1. The largest absolute Gasteiger partial charge is 0.355 e. The summed E-state index contributed by atoms with van der Waals surface area (Å²) in [6.07, 6.45) is 3.75. The van der Waals surface area contributed by atoms with E-state index in [0.29, 0.717) is 5.56 Å². The molecule has 0 saturated heterocycles. The van der Waals surface area contributed by atoms with Crippen LogP contribution in [0.25, 0.3) is 0 Å². The lowest BCUT2D eigenvalue weighted by atomic mass is 10.1. The first kappa shape index (κ1) is 21.6. The van der Waals surface area contributed by atoms with E-state index in [4.69, 9.17) is 0 Å². The molecule has 0 aliphatic carbocycles. The van der Waals surface area contributed by atoms with Gasteiger partial charge in [-0.1, -0.05) is 24.3 Å². The zero-order valence-corrected chi connectivity index (χ0v) is 19.0. The third-order valence-corrected chi connectivity index (χ3v) is 5.40. The molecule has 2 aromatic carbocycles. The number of carbonyl (C=O) groups is 1. The van der Waals surface area contributed by atoms with E-state index in [0.717, 1.165) is 41.7 Å². The first-order valence-electron chi connectivity index (χ1n) is 10.8. The summed E-state index contributed by atoms with van der Waals surface area (Å²) in [7, 11) is 4.05. The van der Waals surface area contributed by atoms with Crippen molar-refractivity contribution in [2.45, 2.75) is 26.4 Å². The third kappa shape index (κ3) is 4.84. The highest BCUT2D eigenvalue weighted by Crippen LogP contribution is 2.25. The van der Waals surface area contributed by atoms with Crippen LogP contribution in [-0.4, -0.2) is 52.2 Å². The van der Waals surface area contributed by atoms with E-state index in [9.17, 15) is 4.79 Å². The summed E-state index contributed by atoms with van der Waals surface area (Å²) < 4.78 is 2.07. The van der Waals surface area contributed by atoms with Crippen molar-refractivity contribution in [1.29, 1.82) is 0 Å². The molecule has 0 fully saturated rings. The molecule has 2 heterocycles. The van der Waals surface area contributed by atoms with Crippen LogP contribution >= 0.6 is 0 Å². The molecule has 7 nitrogen and oxygen atoms in total. The van der Waals surface area contributed by atoms with Crippen LogP contribution in [0.2, 0.25) is 0 Å². The number of amides is 1. The number of hydrogen-bond acceptors (Lipinski definition) is 5. The van der Waals surface area contributed by atoms with Crippen LogP contribution in [0.3, 0.4) is 0 Å². The van der Waals surface area contributed by atoms with E-state index in [1.807, 2.05) is 68.8 Å². The molecule has 3 aromatic rings. The van der Waals surface area contributed by atoms with E-state index in [2.05, 4.69) is 43.9 Å². The van der Waals surface area contributed by atoms with Gasteiger partial charge in [0, 0.05) is 17.8 Å². The fourth-order valence-corrected chi connectivity index (χ4v) is 3.67. The minimum atomic E-state index is -0.122. The summed E-state index contributed by atoms with van der Waals surface area (Å²) in [5, 5.41) is 6.41. The Morgan fingerprint density at radius 1 is 1.16 bits per heavy atom. The quantitative estimate of drug-likeness (QED) is 0.529. The van der Waals surface area contributed by atoms with Crippen LogP contribution in [-0.2, 0) is 6.54 Å². The van der Waals surface area contributed by atoms with Crippen molar-refractivity contribution in [1.82, 2.24) is 14.9 Å². The molecule has 0 spiro atoms. The smallest absolute Gasteiger partial charge is 0.342 e. The number of carbonyl (C=O) groups excluding carboxylic acids is 1. The summed E-state index contributed by atoms with van der Waals surface area (Å²) in [4.78, 5) is 23.9. The van der Waals surface area contributed by atoms with Crippen molar-refractivity contribution in [3.05, 3.63) is 77.1 Å². The number of aromatic nitrogens is 2. The maximum Gasteiger partial charge on any atom is 0.355 e. The summed E-state index contributed by atoms with van der Waals surface area (Å²) in [6, 6.07) is 15.6. The van der Waals surface area contributed by atoms with Gasteiger partial charge in [0.05, 0.1) is 18.8 Å². The topological polar surface area (TPSA) is 73.2 Å². The molecule has 1 atom stereocenters. The molecule has 1 aromatic heterocycles. The molecular weight excluding hydrogens is 400 g/mol. The average Bonchev–Trinajstić information content (AvgIpc) is 2.76. The van der Waals surface area contributed by atoms with Crippen LogP contribution in [0.15, 0.2) is 54.7 Å². The van der Waals surface area contributed by atoms with Crippen LogP contribution in [0.1, 0.15) is 47.1 Å². The van der Waals surface area contributed by atoms with Crippen molar-refractivity contribution in [2.24, 2.45) is 0 Å². The number of nitrogens with one attached hydrogen (secondary N) is 2. The first-order chi connectivity index (χ1) is 15.4. The van der Waals surface area contributed by atoms with Crippen LogP contribution in [0.5, 0.6) is 0 Å². The second-order valence-corrected chi connectivity index (χ2v) is 8.26. The van der Waals surface area contributed by atoms with Gasteiger partial charge >= 0.3 is 5.82 Å². The van der Waals surface area contributed by atoms with Gasteiger partial charge in [-0.3, -0.25) is 4.79 Å². The van der Waals surface area contributed by atoms with Crippen LogP contribution in [0.4, 0.5) is 17.3 Å². The second-order valence-electron chi connectivity index (χ2n) is 8.26. The fraction of sp³-hybridized carbons (Fsp3) is 0.280. The van der Waals surface area contributed by atoms with E-state index >= 15 is 0 Å². The van der Waals surface area contributed by atoms with Crippen molar-refractivity contribution in [3.63, 3.8) is 0 Å². The molecule has 2 N–H and O–H groups in total. The first-order valence-corrected chi connectivity index (χ1v) is 10.8. The van der Waals surface area contributed by atoms with Crippen molar-refractivity contribution in [3.8, 4) is 0 Å². The Labute approximate surface area is 188 Å². The van der Waals surface area contributed by atoms with Gasteiger partial charge in [0.2, 0.25) is 0 Å². The molecule has 164 valence electrons. The number of anilines is 2. The lowest BCUT2D eigenvalue weighted by Gasteiger charge is -2.16. The minimum absolute atomic E-state index is 0.00338. The van der Waals surface area contributed by atoms with Gasteiger partial charge in [-0.05, 0) is 68.3 Å². The average molecular weight is 430 g/mol. The highest BCUT2D eigenvalue weighted by Gasteiger charge is 2.27. The second kappa shape index (κ2) is 9.28. The molecule has 1 amide bonds. The van der Waals surface area contributed by atoms with Gasteiger partial charge in [0.1, 0.15) is 6.21 Å². The zero-order valence-electron chi connectivity index (χ0n) is 19.0. The predicted molar refractivity (Wildman–Crippen MR) is 128 cm³/mol. The SMILES string of the molecule is CC[N+]1=Cc2ncc(NC(C)c3cccc(NC(=O)c4ccc(CN(C)C)cc4)c3)nc21. The van der Waals surface area contributed by atoms with E-state index < -0.39 is 0 Å². The van der Waals surface area contributed by atoms with E-state index in [-0.39, 0.29) is 11.9 Å². The Morgan fingerprint density at radius 2 is 1.94 bits per heavy atom. The Bertz CT molecular complexity index is 1150. The van der Waals surface area contributed by atoms with Gasteiger partial charge < -0.3 is 15.5 Å². The number of hydrogen-bond donors (Lipinski definition) is 2. The summed E-state index contributed by atoms with van der Waals surface area (Å²) >= 11 is 0. The predicted octanol–water partition coefficient (Wildman–Crippen LogP) is 4.06. The Hall–Kier alpha value is -3.58. The third-order valence-electron chi connectivity index (χ3n) is 5.40. The molecule has 4 rings (SSSR count). The highest BCUT2D eigenvalue weighted by molar-refractivity contribution is 6.04. The monoisotopic (exact) mass is 429 g/mol. The van der Waals surface area contributed by atoms with E-state index in [1.54, 1.807) is 6.20 Å². The van der Waals surface area contributed by atoms with Crippen molar-refractivity contribution < 1.29 is 9.37 Å². The Morgan fingerprint density at radius 3 is 2.66 bits per heavy atom. The number of rotatable bonds is 8. The summed E-state index contributed by atoms with van der Waals surface area (Å²) in [6.45, 7) is 5.87. The highest BCUT2D eigenvalue weighted by atomic mass is 16.1. The Kier molecular flexibility index (Phi) is 6.28. The Balaban J connectivity index is 1.41. The number of benzene rings is 2. The van der Waals surface area contributed by atoms with Crippen LogP contribution in [0, 0.1) is 0 Å². The molecule has 1 unspecified atom stereocenters. The zero-order chi connectivity index (χ0) is 22.7. The molecule has 1 aliphatic heterocycles. The van der Waals surface area contributed by atoms with Gasteiger partial charge in [-0.2, -0.15) is 0 Å². The van der Waals surface area contributed by atoms with Crippen molar-refractivity contribution in [2.75, 3.05) is 31.3 Å². The fourth-order valence-electron chi connectivity index (χ4n) is 3.67. The van der Waals surface area contributed by atoms with Gasteiger partial charge in [0.25, 0.3) is 11.7 Å². The normalized spacial score (nSPS) is 13.1. The molecule has 0 bridgehead atoms. The summed E-state index contributed by atoms with van der Waals surface area (Å²) in [5.41, 5.74) is 4.54. The molecule has 0 radical (unpaired) electrons. The maximum atomic E-state index is 12.7. The molecule has 7 heteroatoms. The summed E-state index contributed by atoms with van der Waals surface area (Å²) in [5.74, 6) is 1.51. The lowest BCUT2D eigenvalue weighted by molar-refractivity contribution is -0.447. The van der Waals surface area contributed by atoms with Crippen molar-refractivity contribution >= 4 is 29.4 Å². The number of fused-ring (bicyclic) bond motifs is 1. The maximum absolute atomic E-state index is 12.7. The van der Waals surface area contributed by atoms with Gasteiger partial charge in [-0.15, -0.1) is 0 Å².